The minimum absolute atomic E-state index is 0.0806. The van der Waals surface area contributed by atoms with Crippen molar-refractivity contribution in [2.24, 2.45) is 0 Å². The summed E-state index contributed by atoms with van der Waals surface area (Å²) in [5.74, 6) is 3.20. The van der Waals surface area contributed by atoms with E-state index >= 15 is 0 Å². The zero-order valence-electron chi connectivity index (χ0n) is 23.4. The lowest BCUT2D eigenvalue weighted by Gasteiger charge is -2.33. The number of aromatic hydroxyl groups is 1. The van der Waals surface area contributed by atoms with Gasteiger partial charge < -0.3 is 29.5 Å². The summed E-state index contributed by atoms with van der Waals surface area (Å²) < 4.78 is 22.9. The van der Waals surface area contributed by atoms with E-state index in [4.69, 9.17) is 21.1 Å². The lowest BCUT2D eigenvalue weighted by atomic mass is 9.98. The van der Waals surface area contributed by atoms with Crippen LogP contribution in [0.15, 0.2) is 30.6 Å². The fourth-order valence-electron chi connectivity index (χ4n) is 6.59. The van der Waals surface area contributed by atoms with Crippen LogP contribution < -0.4 is 15.0 Å². The van der Waals surface area contributed by atoms with Crippen LogP contribution in [-0.2, 0) is 6.54 Å². The van der Waals surface area contributed by atoms with Crippen molar-refractivity contribution in [2.45, 2.75) is 56.3 Å². The van der Waals surface area contributed by atoms with Crippen LogP contribution >= 0.6 is 0 Å². The number of terminal acetylenes is 1. The molecular formula is C31H34FN7O2. The third-order valence-electron chi connectivity index (χ3n) is 9.12. The van der Waals surface area contributed by atoms with Crippen molar-refractivity contribution < 1.29 is 14.2 Å². The molecule has 4 aromatic rings. The number of imidazole rings is 1. The first-order valence-electron chi connectivity index (χ1n) is 14.3. The van der Waals surface area contributed by atoms with Crippen LogP contribution in [0, 0.1) is 18.2 Å². The second kappa shape index (κ2) is 9.86. The predicted molar refractivity (Wildman–Crippen MR) is 156 cm³/mol. The lowest BCUT2D eigenvalue weighted by molar-refractivity contribution is 0.202. The maximum absolute atomic E-state index is 14.7. The zero-order chi connectivity index (χ0) is 28.3. The molecule has 2 saturated heterocycles. The Labute approximate surface area is 238 Å². The molecule has 1 saturated carbocycles. The Morgan fingerprint density at radius 1 is 1.20 bits per heavy atom. The monoisotopic (exact) mass is 555 g/mol. The van der Waals surface area contributed by atoms with E-state index in [0.29, 0.717) is 58.0 Å². The van der Waals surface area contributed by atoms with E-state index in [0.717, 1.165) is 32.4 Å². The van der Waals surface area contributed by atoms with Gasteiger partial charge in [-0.3, -0.25) is 0 Å². The van der Waals surface area contributed by atoms with Gasteiger partial charge in [0, 0.05) is 36.1 Å². The Balaban J connectivity index is 1.28. The molecule has 4 heterocycles. The average molecular weight is 556 g/mol. The Kier molecular flexibility index (Phi) is 6.25. The Hall–Kier alpha value is -3.94. The Morgan fingerprint density at radius 3 is 2.68 bits per heavy atom. The Bertz CT molecular complexity index is 1680. The highest BCUT2D eigenvalue weighted by molar-refractivity contribution is 5.92. The molecule has 2 atom stereocenters. The lowest BCUT2D eigenvalue weighted by Crippen LogP contribution is -2.51. The van der Waals surface area contributed by atoms with E-state index in [1.54, 1.807) is 24.5 Å². The molecule has 41 heavy (non-hydrogen) atoms. The SMILES string of the molecule is C#Cc1c(F)ccc2cc(O)cc(Cn3cnc4c(OCCC5(N(C)C)CC5)nc(N5C[C@H]6CC[C@@H](C5)N6)nc43)c12. The molecule has 2 aliphatic heterocycles. The highest BCUT2D eigenvalue weighted by atomic mass is 19.1. The van der Waals surface area contributed by atoms with Crippen LogP contribution in [0.5, 0.6) is 11.6 Å². The maximum atomic E-state index is 14.7. The number of nitrogens with zero attached hydrogens (tertiary/aromatic N) is 6. The first-order valence-corrected chi connectivity index (χ1v) is 14.3. The number of nitrogens with one attached hydrogen (secondary N) is 1. The van der Waals surface area contributed by atoms with Gasteiger partial charge in [0.25, 0.3) is 0 Å². The van der Waals surface area contributed by atoms with Gasteiger partial charge in [0.15, 0.2) is 11.2 Å². The molecule has 1 aliphatic carbocycles. The summed E-state index contributed by atoms with van der Waals surface area (Å²) in [5.41, 5.74) is 2.25. The number of ether oxygens (including phenoxy) is 1. The predicted octanol–water partition coefficient (Wildman–Crippen LogP) is 3.66. The number of hydrogen-bond acceptors (Lipinski definition) is 8. The number of piperazine rings is 1. The molecule has 0 unspecified atom stereocenters. The molecule has 2 N–H and O–H groups in total. The molecule has 2 bridgehead atoms. The van der Waals surface area contributed by atoms with E-state index in [9.17, 15) is 9.50 Å². The second-order valence-corrected chi connectivity index (χ2v) is 11.9. The number of anilines is 1. The third kappa shape index (κ3) is 4.63. The van der Waals surface area contributed by atoms with Gasteiger partial charge in [0.1, 0.15) is 11.6 Å². The van der Waals surface area contributed by atoms with Crippen molar-refractivity contribution in [2.75, 3.05) is 38.7 Å². The minimum Gasteiger partial charge on any atom is -0.508 e. The largest absolute Gasteiger partial charge is 0.508 e. The number of hydrogen-bond donors (Lipinski definition) is 2. The van der Waals surface area contributed by atoms with E-state index < -0.39 is 5.82 Å². The fraction of sp³-hybridized carbons (Fsp3) is 0.452. The van der Waals surface area contributed by atoms with Crippen molar-refractivity contribution in [1.82, 2.24) is 29.7 Å². The van der Waals surface area contributed by atoms with Crippen LogP contribution in [0.1, 0.15) is 43.2 Å². The number of aromatic nitrogens is 4. The quantitative estimate of drug-likeness (QED) is 0.319. The average Bonchev–Trinajstić information content (AvgIpc) is 3.54. The van der Waals surface area contributed by atoms with Crippen molar-refractivity contribution in [1.29, 1.82) is 0 Å². The van der Waals surface area contributed by atoms with Crippen LogP contribution in [-0.4, -0.2) is 80.9 Å². The van der Waals surface area contributed by atoms with Gasteiger partial charge in [-0.25, -0.2) is 9.37 Å². The van der Waals surface area contributed by atoms with Gasteiger partial charge in [-0.15, -0.1) is 6.42 Å². The molecule has 3 fully saturated rings. The smallest absolute Gasteiger partial charge is 0.247 e. The number of benzene rings is 2. The Morgan fingerprint density at radius 2 is 1.98 bits per heavy atom. The summed E-state index contributed by atoms with van der Waals surface area (Å²) in [6.07, 6.45) is 13.0. The molecule has 3 aliphatic rings. The van der Waals surface area contributed by atoms with Gasteiger partial charge in [-0.05, 0) is 75.3 Å². The van der Waals surface area contributed by atoms with Crippen molar-refractivity contribution >= 4 is 27.9 Å². The fourth-order valence-corrected chi connectivity index (χ4v) is 6.59. The molecule has 2 aromatic carbocycles. The van der Waals surface area contributed by atoms with Gasteiger partial charge >= 0.3 is 0 Å². The normalized spacial score (nSPS) is 21.1. The van der Waals surface area contributed by atoms with Crippen molar-refractivity contribution in [3.05, 3.63) is 47.5 Å². The van der Waals surface area contributed by atoms with Crippen LogP contribution in [0.4, 0.5) is 10.3 Å². The van der Waals surface area contributed by atoms with Crippen molar-refractivity contribution in [3.8, 4) is 24.0 Å². The van der Waals surface area contributed by atoms with E-state index in [1.807, 2.05) is 4.57 Å². The number of phenols is 1. The number of rotatable bonds is 8. The highest BCUT2D eigenvalue weighted by Crippen LogP contribution is 2.43. The molecular weight excluding hydrogens is 521 g/mol. The molecule has 212 valence electrons. The summed E-state index contributed by atoms with van der Waals surface area (Å²) in [6.45, 7) is 2.49. The summed E-state index contributed by atoms with van der Waals surface area (Å²) >= 11 is 0. The number of halogens is 1. The van der Waals surface area contributed by atoms with E-state index in [1.165, 1.54) is 18.9 Å². The summed E-state index contributed by atoms with van der Waals surface area (Å²) in [4.78, 5) is 19.1. The number of phenolic OH excluding ortho intramolecular Hbond substituents is 1. The molecule has 2 aromatic heterocycles. The topological polar surface area (TPSA) is 91.6 Å². The van der Waals surface area contributed by atoms with Crippen LogP contribution in [0.2, 0.25) is 0 Å². The van der Waals surface area contributed by atoms with E-state index in [2.05, 4.69) is 40.1 Å². The molecule has 0 radical (unpaired) electrons. The van der Waals surface area contributed by atoms with Gasteiger partial charge in [0.2, 0.25) is 11.8 Å². The molecule has 9 nitrogen and oxygen atoms in total. The van der Waals surface area contributed by atoms with Gasteiger partial charge in [-0.2, -0.15) is 9.97 Å². The van der Waals surface area contributed by atoms with Gasteiger partial charge in [0.05, 0.1) is 25.0 Å². The maximum Gasteiger partial charge on any atom is 0.247 e. The second-order valence-electron chi connectivity index (χ2n) is 11.9. The third-order valence-corrected chi connectivity index (χ3v) is 9.12. The van der Waals surface area contributed by atoms with Crippen LogP contribution in [0.25, 0.3) is 21.9 Å². The molecule has 7 rings (SSSR count). The highest BCUT2D eigenvalue weighted by Gasteiger charge is 2.44. The van der Waals surface area contributed by atoms with Crippen LogP contribution in [0.3, 0.4) is 0 Å². The summed E-state index contributed by atoms with van der Waals surface area (Å²) in [7, 11) is 4.24. The standard InChI is InChI=1S/C31H34FN7O2/c1-4-24-25(32)8-5-19-13-23(40)14-20(26(19)24)15-39-18-33-27-28(39)35-30(38-16-21-6-7-22(17-38)34-21)36-29(27)41-12-11-31(9-10-31)37(2)3/h1,5,8,13-14,18,21-22,34,40H,6-7,9-12,15-17H2,2-3H3/t21-,22+. The first-order chi connectivity index (χ1) is 19.8. The number of fused-ring (bicyclic) bond motifs is 4. The van der Waals surface area contributed by atoms with Crippen molar-refractivity contribution in [3.63, 3.8) is 0 Å². The van der Waals surface area contributed by atoms with E-state index in [-0.39, 0.29) is 23.4 Å². The summed E-state index contributed by atoms with van der Waals surface area (Å²) in [6, 6.07) is 7.03. The minimum atomic E-state index is -0.470. The first kappa shape index (κ1) is 26.0. The molecule has 0 spiro atoms. The molecule has 0 amide bonds. The van der Waals surface area contributed by atoms with Gasteiger partial charge in [-0.1, -0.05) is 12.0 Å². The summed E-state index contributed by atoms with van der Waals surface area (Å²) in [5, 5.41) is 15.4. The zero-order valence-corrected chi connectivity index (χ0v) is 23.4. The molecule has 10 heteroatoms.